The molecule has 2 N–H and O–H groups in total. The van der Waals surface area contributed by atoms with Gasteiger partial charge in [0.2, 0.25) is 0 Å². The first kappa shape index (κ1) is 14.7. The van der Waals surface area contributed by atoms with Crippen molar-refractivity contribution in [1.82, 2.24) is 20.2 Å². The zero-order valence-electron chi connectivity index (χ0n) is 12.3. The Hall–Kier alpha value is -1.75. The number of nitrogens with zero attached hydrogens (tertiary/aromatic N) is 4. The van der Waals surface area contributed by atoms with Crippen molar-refractivity contribution < 1.29 is 0 Å². The molecule has 5 nitrogen and oxygen atoms in total. The Bertz CT molecular complexity index is 516. The summed E-state index contributed by atoms with van der Waals surface area (Å²) in [7, 11) is 0. The lowest BCUT2D eigenvalue weighted by atomic mass is 9.75. The number of aryl methyl sites for hydroxylation is 1. The van der Waals surface area contributed by atoms with Crippen LogP contribution in [0.15, 0.2) is 30.3 Å². The van der Waals surface area contributed by atoms with E-state index in [1.54, 1.807) is 0 Å². The molecule has 1 heterocycles. The van der Waals surface area contributed by atoms with E-state index in [0.717, 1.165) is 31.6 Å². The molecule has 0 saturated heterocycles. The van der Waals surface area contributed by atoms with Gasteiger partial charge in [-0.1, -0.05) is 44.2 Å². The van der Waals surface area contributed by atoms with Gasteiger partial charge in [0.15, 0.2) is 5.82 Å². The van der Waals surface area contributed by atoms with Gasteiger partial charge in [0.1, 0.15) is 0 Å². The van der Waals surface area contributed by atoms with Gasteiger partial charge in [-0.2, -0.15) is 0 Å². The summed E-state index contributed by atoms with van der Waals surface area (Å²) in [5.74, 6) is 0.946. The lowest BCUT2D eigenvalue weighted by Crippen LogP contribution is -2.31. The van der Waals surface area contributed by atoms with E-state index in [9.17, 15) is 0 Å². The Balaban J connectivity index is 2.46. The number of benzene rings is 1. The molecule has 20 heavy (non-hydrogen) atoms. The van der Waals surface area contributed by atoms with E-state index >= 15 is 0 Å². The van der Waals surface area contributed by atoms with Crippen molar-refractivity contribution in [3.63, 3.8) is 0 Å². The van der Waals surface area contributed by atoms with Crippen LogP contribution in [0.3, 0.4) is 0 Å². The lowest BCUT2D eigenvalue weighted by molar-refractivity contribution is 0.407. The van der Waals surface area contributed by atoms with Gasteiger partial charge in [0, 0.05) is 6.54 Å². The third-order valence-electron chi connectivity index (χ3n) is 4.07. The topological polar surface area (TPSA) is 69.6 Å². The normalized spacial score (nSPS) is 11.8. The summed E-state index contributed by atoms with van der Waals surface area (Å²) in [6.45, 7) is 5.81. The van der Waals surface area contributed by atoms with Crippen LogP contribution in [0, 0.1) is 0 Å². The summed E-state index contributed by atoms with van der Waals surface area (Å²) in [6, 6.07) is 10.5. The quantitative estimate of drug-likeness (QED) is 0.839. The molecule has 0 bridgehead atoms. The van der Waals surface area contributed by atoms with Gasteiger partial charge in [-0.3, -0.25) is 0 Å². The predicted molar refractivity (Wildman–Crippen MR) is 79.3 cm³/mol. The smallest absolute Gasteiger partial charge is 0.161 e. The van der Waals surface area contributed by atoms with Crippen LogP contribution in [-0.4, -0.2) is 26.8 Å². The molecule has 2 aromatic rings. The number of rotatable bonds is 7. The van der Waals surface area contributed by atoms with Gasteiger partial charge in [0.05, 0.1) is 5.41 Å². The second-order valence-corrected chi connectivity index (χ2v) is 5.02. The molecule has 0 fully saturated rings. The first-order chi connectivity index (χ1) is 9.78. The minimum absolute atomic E-state index is 0.126. The molecular formula is C15H23N5. The van der Waals surface area contributed by atoms with Crippen molar-refractivity contribution >= 4 is 0 Å². The third-order valence-corrected chi connectivity index (χ3v) is 4.07. The predicted octanol–water partition coefficient (Wildman–Crippen LogP) is 2.13. The zero-order valence-corrected chi connectivity index (χ0v) is 12.3. The molecule has 0 atom stereocenters. The van der Waals surface area contributed by atoms with Crippen LogP contribution in [0.4, 0.5) is 0 Å². The maximum atomic E-state index is 5.60. The highest BCUT2D eigenvalue weighted by Gasteiger charge is 2.35. The van der Waals surface area contributed by atoms with E-state index in [1.807, 2.05) is 10.7 Å². The van der Waals surface area contributed by atoms with Crippen LogP contribution in [0.2, 0.25) is 0 Å². The van der Waals surface area contributed by atoms with Gasteiger partial charge in [-0.25, -0.2) is 4.68 Å². The molecule has 108 valence electrons. The summed E-state index contributed by atoms with van der Waals surface area (Å²) >= 11 is 0. The Morgan fingerprint density at radius 1 is 1.15 bits per heavy atom. The van der Waals surface area contributed by atoms with Gasteiger partial charge < -0.3 is 5.73 Å². The van der Waals surface area contributed by atoms with Crippen molar-refractivity contribution in [3.05, 3.63) is 41.7 Å². The van der Waals surface area contributed by atoms with Crippen LogP contribution in [0.25, 0.3) is 0 Å². The van der Waals surface area contributed by atoms with Crippen molar-refractivity contribution in [2.75, 3.05) is 6.54 Å². The first-order valence-electron chi connectivity index (χ1n) is 7.30. The van der Waals surface area contributed by atoms with E-state index in [0.29, 0.717) is 6.54 Å². The highest BCUT2D eigenvalue weighted by molar-refractivity contribution is 5.32. The van der Waals surface area contributed by atoms with E-state index in [2.05, 4.69) is 53.6 Å². The summed E-state index contributed by atoms with van der Waals surface area (Å²) in [4.78, 5) is 0. The van der Waals surface area contributed by atoms with Crippen LogP contribution in [-0.2, 0) is 12.0 Å². The molecule has 0 radical (unpaired) electrons. The Labute approximate surface area is 120 Å². The second kappa shape index (κ2) is 6.61. The molecule has 0 spiro atoms. The average Bonchev–Trinajstić information content (AvgIpc) is 2.97. The van der Waals surface area contributed by atoms with Crippen molar-refractivity contribution in [2.24, 2.45) is 5.73 Å². The zero-order chi connectivity index (χ0) is 14.4. The summed E-state index contributed by atoms with van der Waals surface area (Å²) in [5, 5.41) is 12.3. The minimum Gasteiger partial charge on any atom is -0.330 e. The Kier molecular flexibility index (Phi) is 4.84. The van der Waals surface area contributed by atoms with Gasteiger partial charge >= 0.3 is 0 Å². The van der Waals surface area contributed by atoms with Crippen LogP contribution in [0.1, 0.15) is 44.5 Å². The average molecular weight is 273 g/mol. The van der Waals surface area contributed by atoms with Gasteiger partial charge in [-0.15, -0.1) is 5.10 Å². The molecule has 5 heteroatoms. The van der Waals surface area contributed by atoms with Crippen LogP contribution < -0.4 is 5.73 Å². The molecule has 0 unspecified atom stereocenters. The molecule has 1 aromatic carbocycles. The van der Waals surface area contributed by atoms with E-state index in [-0.39, 0.29) is 5.41 Å². The van der Waals surface area contributed by atoms with Crippen LogP contribution in [0.5, 0.6) is 0 Å². The number of hydrogen-bond acceptors (Lipinski definition) is 4. The number of aromatic nitrogens is 4. The monoisotopic (exact) mass is 273 g/mol. The van der Waals surface area contributed by atoms with E-state index in [1.165, 1.54) is 5.56 Å². The fraction of sp³-hybridized carbons (Fsp3) is 0.533. The lowest BCUT2D eigenvalue weighted by Gasteiger charge is -2.31. The SMILES string of the molecule is CCC(CC)(c1ccccc1)c1nnnn1CCCN. The largest absolute Gasteiger partial charge is 0.330 e. The first-order valence-corrected chi connectivity index (χ1v) is 7.30. The second-order valence-electron chi connectivity index (χ2n) is 5.02. The Morgan fingerprint density at radius 2 is 1.85 bits per heavy atom. The van der Waals surface area contributed by atoms with E-state index in [4.69, 9.17) is 5.73 Å². The van der Waals surface area contributed by atoms with Crippen molar-refractivity contribution in [1.29, 1.82) is 0 Å². The van der Waals surface area contributed by atoms with Gasteiger partial charge in [0.25, 0.3) is 0 Å². The summed E-state index contributed by atoms with van der Waals surface area (Å²) < 4.78 is 1.91. The fourth-order valence-corrected chi connectivity index (χ4v) is 2.80. The third kappa shape index (κ3) is 2.58. The molecule has 2 rings (SSSR count). The summed E-state index contributed by atoms with van der Waals surface area (Å²) in [6.07, 6.45) is 2.82. The van der Waals surface area contributed by atoms with Gasteiger partial charge in [-0.05, 0) is 41.8 Å². The number of tetrazole rings is 1. The molecule has 1 aromatic heterocycles. The molecule has 0 amide bonds. The maximum Gasteiger partial charge on any atom is 0.161 e. The fourth-order valence-electron chi connectivity index (χ4n) is 2.80. The molecule has 0 aliphatic heterocycles. The standard InChI is InChI=1S/C15H23N5/c1-3-15(4-2,13-9-6-5-7-10-13)14-17-18-19-20(14)12-8-11-16/h5-7,9-10H,3-4,8,11-12,16H2,1-2H3. The molecule has 0 aliphatic rings. The summed E-state index contributed by atoms with van der Waals surface area (Å²) in [5.41, 5.74) is 6.74. The van der Waals surface area contributed by atoms with E-state index < -0.39 is 0 Å². The highest BCUT2D eigenvalue weighted by atomic mass is 15.5. The van der Waals surface area contributed by atoms with Crippen LogP contribution >= 0.6 is 0 Å². The molecule has 0 saturated carbocycles. The van der Waals surface area contributed by atoms with Crippen molar-refractivity contribution in [3.8, 4) is 0 Å². The highest BCUT2D eigenvalue weighted by Crippen LogP contribution is 2.37. The molecule has 0 aliphatic carbocycles. The number of hydrogen-bond donors (Lipinski definition) is 1. The molecular weight excluding hydrogens is 250 g/mol. The van der Waals surface area contributed by atoms with Crippen molar-refractivity contribution in [2.45, 2.75) is 45.1 Å². The Morgan fingerprint density at radius 3 is 2.45 bits per heavy atom. The number of nitrogens with two attached hydrogens (primary N) is 1. The maximum absolute atomic E-state index is 5.60. The minimum atomic E-state index is -0.126.